The molecule has 0 amide bonds. The van der Waals surface area contributed by atoms with Crippen LogP contribution in [0.15, 0.2) is 73.3 Å². The SMILES string of the molecule is C=C(c1ccccc1)c1cc2ccccc2cc1C=O. The normalized spacial score (nSPS) is 10.4. The van der Waals surface area contributed by atoms with Gasteiger partial charge in [0.05, 0.1) is 0 Å². The van der Waals surface area contributed by atoms with Gasteiger partial charge in [0.1, 0.15) is 0 Å². The van der Waals surface area contributed by atoms with Crippen molar-refractivity contribution in [3.05, 3.63) is 90.0 Å². The lowest BCUT2D eigenvalue weighted by Crippen LogP contribution is -1.93. The third-order valence-corrected chi connectivity index (χ3v) is 3.49. The molecule has 0 aliphatic heterocycles. The molecule has 1 nitrogen and oxygen atoms in total. The molecule has 0 unspecified atom stereocenters. The second kappa shape index (κ2) is 5.14. The van der Waals surface area contributed by atoms with Gasteiger partial charge in [0.2, 0.25) is 0 Å². The Bertz CT molecular complexity index is 785. The van der Waals surface area contributed by atoms with Crippen molar-refractivity contribution in [2.45, 2.75) is 0 Å². The quantitative estimate of drug-likeness (QED) is 0.621. The Morgan fingerprint density at radius 2 is 1.45 bits per heavy atom. The topological polar surface area (TPSA) is 17.1 Å². The fraction of sp³-hybridized carbons (Fsp3) is 0. The second-order valence-corrected chi connectivity index (χ2v) is 4.75. The summed E-state index contributed by atoms with van der Waals surface area (Å²) in [5, 5.41) is 2.18. The van der Waals surface area contributed by atoms with Gasteiger partial charge in [-0.05, 0) is 39.6 Å². The van der Waals surface area contributed by atoms with Gasteiger partial charge >= 0.3 is 0 Å². The van der Waals surface area contributed by atoms with Crippen LogP contribution in [-0.2, 0) is 0 Å². The second-order valence-electron chi connectivity index (χ2n) is 4.75. The first-order valence-corrected chi connectivity index (χ1v) is 6.52. The van der Waals surface area contributed by atoms with Crippen LogP contribution in [0.2, 0.25) is 0 Å². The molecule has 96 valence electrons. The van der Waals surface area contributed by atoms with Gasteiger partial charge in [0.15, 0.2) is 6.29 Å². The largest absolute Gasteiger partial charge is 0.298 e. The highest BCUT2D eigenvalue weighted by atomic mass is 16.1. The minimum atomic E-state index is 0.678. The van der Waals surface area contributed by atoms with Crippen molar-refractivity contribution < 1.29 is 4.79 Å². The summed E-state index contributed by atoms with van der Waals surface area (Å²) < 4.78 is 0. The van der Waals surface area contributed by atoms with Crippen LogP contribution in [0.3, 0.4) is 0 Å². The van der Waals surface area contributed by atoms with Crippen LogP contribution in [0.25, 0.3) is 16.3 Å². The predicted octanol–water partition coefficient (Wildman–Crippen LogP) is 4.71. The first kappa shape index (κ1) is 12.4. The van der Waals surface area contributed by atoms with E-state index in [1.165, 1.54) is 0 Å². The van der Waals surface area contributed by atoms with Crippen LogP contribution in [-0.4, -0.2) is 6.29 Å². The van der Waals surface area contributed by atoms with Crippen LogP contribution in [0, 0.1) is 0 Å². The standard InChI is InChI=1S/C19H14O/c1-14(15-7-3-2-4-8-15)19-12-17-10-6-5-9-16(17)11-18(19)13-20/h2-13H,1H2. The lowest BCUT2D eigenvalue weighted by molar-refractivity contribution is 0.112. The van der Waals surface area contributed by atoms with E-state index in [1.807, 2.05) is 66.7 Å². The molecule has 0 aliphatic carbocycles. The van der Waals surface area contributed by atoms with Gasteiger partial charge in [-0.25, -0.2) is 0 Å². The molecule has 0 atom stereocenters. The first-order valence-electron chi connectivity index (χ1n) is 6.52. The molecule has 0 heterocycles. The minimum absolute atomic E-state index is 0.678. The molecule has 0 fully saturated rings. The van der Waals surface area contributed by atoms with E-state index in [2.05, 4.69) is 6.58 Å². The molecule has 1 heteroatoms. The molecule has 3 aromatic rings. The van der Waals surface area contributed by atoms with Gasteiger partial charge < -0.3 is 0 Å². The number of carbonyl (C=O) groups is 1. The summed E-state index contributed by atoms with van der Waals surface area (Å²) in [7, 11) is 0. The Morgan fingerprint density at radius 1 is 0.850 bits per heavy atom. The zero-order valence-electron chi connectivity index (χ0n) is 11.0. The summed E-state index contributed by atoms with van der Waals surface area (Å²) in [6, 6.07) is 21.9. The Morgan fingerprint density at radius 3 is 2.10 bits per heavy atom. The van der Waals surface area contributed by atoms with Crippen molar-refractivity contribution >= 4 is 22.6 Å². The van der Waals surface area contributed by atoms with E-state index in [4.69, 9.17) is 0 Å². The van der Waals surface area contributed by atoms with E-state index in [-0.39, 0.29) is 0 Å². The monoisotopic (exact) mass is 258 g/mol. The summed E-state index contributed by atoms with van der Waals surface area (Å²) in [5.41, 5.74) is 3.48. The highest BCUT2D eigenvalue weighted by Gasteiger charge is 2.09. The summed E-state index contributed by atoms with van der Waals surface area (Å²) >= 11 is 0. The number of carbonyl (C=O) groups excluding carboxylic acids is 1. The van der Waals surface area contributed by atoms with Gasteiger partial charge in [-0.1, -0.05) is 61.2 Å². The summed E-state index contributed by atoms with van der Waals surface area (Å²) in [6.07, 6.45) is 0.899. The molecule has 0 saturated heterocycles. The third kappa shape index (κ3) is 2.14. The Labute approximate surface area is 118 Å². The summed E-state index contributed by atoms with van der Waals surface area (Å²) in [6.45, 7) is 4.15. The first-order chi connectivity index (χ1) is 9.79. The molecule has 3 aromatic carbocycles. The molecule has 0 bridgehead atoms. The van der Waals surface area contributed by atoms with E-state index >= 15 is 0 Å². The van der Waals surface area contributed by atoms with Crippen molar-refractivity contribution in [2.75, 3.05) is 0 Å². The van der Waals surface area contributed by atoms with E-state index in [9.17, 15) is 4.79 Å². The van der Waals surface area contributed by atoms with Gasteiger partial charge in [-0.3, -0.25) is 4.79 Å². The number of aldehydes is 1. The molecule has 0 radical (unpaired) electrons. The molecule has 3 rings (SSSR count). The highest BCUT2D eigenvalue weighted by molar-refractivity contribution is 5.97. The zero-order chi connectivity index (χ0) is 13.9. The number of benzene rings is 3. The number of rotatable bonds is 3. The maximum atomic E-state index is 11.4. The van der Waals surface area contributed by atoms with Crippen LogP contribution in [0.5, 0.6) is 0 Å². The predicted molar refractivity (Wildman–Crippen MR) is 83.9 cm³/mol. The molecule has 0 aromatic heterocycles. The zero-order valence-corrected chi connectivity index (χ0v) is 11.0. The number of hydrogen-bond donors (Lipinski definition) is 0. The highest BCUT2D eigenvalue weighted by Crippen LogP contribution is 2.28. The Hall–Kier alpha value is -2.67. The van der Waals surface area contributed by atoms with Crippen molar-refractivity contribution in [1.82, 2.24) is 0 Å². The van der Waals surface area contributed by atoms with Crippen LogP contribution in [0.1, 0.15) is 21.5 Å². The molecule has 0 aliphatic rings. The summed E-state index contributed by atoms with van der Waals surface area (Å²) in [5.74, 6) is 0. The van der Waals surface area contributed by atoms with Gasteiger partial charge in [-0.2, -0.15) is 0 Å². The van der Waals surface area contributed by atoms with E-state index < -0.39 is 0 Å². The molecular formula is C19H14O. The van der Waals surface area contributed by atoms with Gasteiger partial charge in [-0.15, -0.1) is 0 Å². The maximum Gasteiger partial charge on any atom is 0.150 e. The minimum Gasteiger partial charge on any atom is -0.298 e. The average molecular weight is 258 g/mol. The molecule has 0 spiro atoms. The lowest BCUT2D eigenvalue weighted by Gasteiger charge is -2.11. The van der Waals surface area contributed by atoms with Crippen molar-refractivity contribution in [2.24, 2.45) is 0 Å². The van der Waals surface area contributed by atoms with Crippen molar-refractivity contribution in [1.29, 1.82) is 0 Å². The van der Waals surface area contributed by atoms with Gasteiger partial charge in [0, 0.05) is 5.56 Å². The van der Waals surface area contributed by atoms with E-state index in [0.29, 0.717) is 5.56 Å². The van der Waals surface area contributed by atoms with Gasteiger partial charge in [0.25, 0.3) is 0 Å². The van der Waals surface area contributed by atoms with Crippen molar-refractivity contribution in [3.8, 4) is 0 Å². The molecule has 0 N–H and O–H groups in total. The fourth-order valence-corrected chi connectivity index (χ4v) is 2.41. The van der Waals surface area contributed by atoms with E-state index in [0.717, 1.165) is 33.8 Å². The number of hydrogen-bond acceptors (Lipinski definition) is 1. The third-order valence-electron chi connectivity index (χ3n) is 3.49. The average Bonchev–Trinajstić information content (AvgIpc) is 2.53. The van der Waals surface area contributed by atoms with E-state index in [1.54, 1.807) is 0 Å². The Balaban J connectivity index is 2.20. The molecular weight excluding hydrogens is 244 g/mol. The van der Waals surface area contributed by atoms with Crippen LogP contribution < -0.4 is 0 Å². The lowest BCUT2D eigenvalue weighted by atomic mass is 9.93. The molecule has 0 saturated carbocycles. The number of fused-ring (bicyclic) bond motifs is 1. The maximum absolute atomic E-state index is 11.4. The summed E-state index contributed by atoms with van der Waals surface area (Å²) in [4.78, 5) is 11.4. The Kier molecular flexibility index (Phi) is 3.18. The van der Waals surface area contributed by atoms with Crippen LogP contribution >= 0.6 is 0 Å². The molecule has 20 heavy (non-hydrogen) atoms. The smallest absolute Gasteiger partial charge is 0.150 e. The van der Waals surface area contributed by atoms with Crippen LogP contribution in [0.4, 0.5) is 0 Å². The van der Waals surface area contributed by atoms with Crippen molar-refractivity contribution in [3.63, 3.8) is 0 Å². The fourth-order valence-electron chi connectivity index (χ4n) is 2.41.